The van der Waals surface area contributed by atoms with Crippen LogP contribution in [0.25, 0.3) is 0 Å². The van der Waals surface area contributed by atoms with Crippen LogP contribution in [0, 0.1) is 0 Å². The number of nitrogens with two attached hydrogens (primary N) is 1. The Morgan fingerprint density at radius 1 is 0.947 bits per heavy atom. The summed E-state index contributed by atoms with van der Waals surface area (Å²) in [6.45, 7) is 0. The molecule has 96 valence electrons. The van der Waals surface area contributed by atoms with E-state index in [1.165, 1.54) is 12.1 Å². The number of amides is 1. The maximum Gasteiger partial charge on any atom is 0.250 e. The number of primary amides is 1. The Labute approximate surface area is 119 Å². The topological polar surface area (TPSA) is 60.2 Å². The Balaban J connectivity index is 2.53. The molecule has 2 aromatic carbocycles. The average Bonchev–Trinajstić information content (AvgIpc) is 2.38. The average molecular weight is 294 g/mol. The Hall–Kier alpha value is -1.84. The first-order chi connectivity index (χ1) is 9.00. The van der Waals surface area contributed by atoms with Crippen LogP contribution in [-0.4, -0.2) is 11.7 Å². The van der Waals surface area contributed by atoms with Crippen molar-refractivity contribution in [2.75, 3.05) is 0 Å². The quantitative estimate of drug-likeness (QED) is 0.883. The van der Waals surface area contributed by atoms with Crippen molar-refractivity contribution >= 4 is 34.9 Å². The van der Waals surface area contributed by atoms with Gasteiger partial charge in [-0.15, -0.1) is 0 Å². The molecule has 2 N–H and O–H groups in total. The standard InChI is InChI=1S/C14H9Cl2NO2/c15-9-6-4-8(5-7-9)13(18)10-2-1-3-11(16)12(10)14(17)19/h1-7H,(H2,17,19). The summed E-state index contributed by atoms with van der Waals surface area (Å²) in [6, 6.07) is 11.0. The van der Waals surface area contributed by atoms with E-state index >= 15 is 0 Å². The molecule has 19 heavy (non-hydrogen) atoms. The minimum Gasteiger partial charge on any atom is -0.366 e. The summed E-state index contributed by atoms with van der Waals surface area (Å²) in [5.41, 5.74) is 5.88. The van der Waals surface area contributed by atoms with Gasteiger partial charge < -0.3 is 5.73 Å². The van der Waals surface area contributed by atoms with Gasteiger partial charge in [-0.3, -0.25) is 9.59 Å². The Kier molecular flexibility index (Phi) is 3.88. The lowest BCUT2D eigenvalue weighted by molar-refractivity contribution is 0.0981. The summed E-state index contributed by atoms with van der Waals surface area (Å²) in [7, 11) is 0. The van der Waals surface area contributed by atoms with Crippen LogP contribution in [0.2, 0.25) is 10.0 Å². The minimum atomic E-state index is -0.733. The van der Waals surface area contributed by atoms with Gasteiger partial charge >= 0.3 is 0 Å². The Morgan fingerprint density at radius 2 is 1.58 bits per heavy atom. The van der Waals surface area contributed by atoms with E-state index in [1.807, 2.05) is 0 Å². The number of hydrogen-bond donors (Lipinski definition) is 1. The van der Waals surface area contributed by atoms with Crippen molar-refractivity contribution in [1.82, 2.24) is 0 Å². The van der Waals surface area contributed by atoms with Crippen molar-refractivity contribution in [2.24, 2.45) is 5.73 Å². The van der Waals surface area contributed by atoms with E-state index in [2.05, 4.69) is 0 Å². The zero-order valence-electron chi connectivity index (χ0n) is 9.69. The molecule has 0 spiro atoms. The molecule has 5 heteroatoms. The fraction of sp³-hybridized carbons (Fsp3) is 0. The highest BCUT2D eigenvalue weighted by molar-refractivity contribution is 6.35. The number of rotatable bonds is 3. The molecule has 0 aliphatic heterocycles. The van der Waals surface area contributed by atoms with Gasteiger partial charge in [0, 0.05) is 16.1 Å². The summed E-state index contributed by atoms with van der Waals surface area (Å²) >= 11 is 11.7. The SMILES string of the molecule is NC(=O)c1c(Cl)cccc1C(=O)c1ccc(Cl)cc1. The predicted octanol–water partition coefficient (Wildman–Crippen LogP) is 3.32. The molecule has 0 aliphatic rings. The molecular weight excluding hydrogens is 285 g/mol. The first kappa shape index (κ1) is 13.6. The van der Waals surface area contributed by atoms with Gasteiger partial charge in [0.25, 0.3) is 5.91 Å². The zero-order chi connectivity index (χ0) is 14.0. The summed E-state index contributed by atoms with van der Waals surface area (Å²) in [6.07, 6.45) is 0. The zero-order valence-corrected chi connectivity index (χ0v) is 11.2. The van der Waals surface area contributed by atoms with E-state index in [0.717, 1.165) is 0 Å². The third kappa shape index (κ3) is 2.78. The van der Waals surface area contributed by atoms with Crippen molar-refractivity contribution in [3.63, 3.8) is 0 Å². The molecule has 0 atom stereocenters. The van der Waals surface area contributed by atoms with Gasteiger partial charge in [0.15, 0.2) is 5.78 Å². The number of benzene rings is 2. The van der Waals surface area contributed by atoms with Crippen LogP contribution in [-0.2, 0) is 0 Å². The summed E-state index contributed by atoms with van der Waals surface area (Å²) in [5, 5.41) is 0.685. The third-order valence-corrected chi connectivity index (χ3v) is 3.18. The van der Waals surface area contributed by atoms with Crippen LogP contribution in [0.5, 0.6) is 0 Å². The van der Waals surface area contributed by atoms with Crippen LogP contribution >= 0.6 is 23.2 Å². The monoisotopic (exact) mass is 293 g/mol. The molecule has 0 fully saturated rings. The van der Waals surface area contributed by atoms with Gasteiger partial charge in [0.1, 0.15) is 0 Å². The fourth-order valence-electron chi connectivity index (χ4n) is 1.72. The summed E-state index contributed by atoms with van der Waals surface area (Å²) in [5.74, 6) is -1.06. The van der Waals surface area contributed by atoms with Crippen molar-refractivity contribution in [2.45, 2.75) is 0 Å². The van der Waals surface area contributed by atoms with E-state index in [1.54, 1.807) is 30.3 Å². The van der Waals surface area contributed by atoms with Gasteiger partial charge in [-0.2, -0.15) is 0 Å². The lowest BCUT2D eigenvalue weighted by atomic mass is 9.98. The summed E-state index contributed by atoms with van der Waals surface area (Å²) < 4.78 is 0. The largest absolute Gasteiger partial charge is 0.366 e. The molecule has 0 saturated carbocycles. The molecule has 0 radical (unpaired) electrons. The lowest BCUT2D eigenvalue weighted by Crippen LogP contribution is -2.17. The highest BCUT2D eigenvalue weighted by Gasteiger charge is 2.19. The smallest absolute Gasteiger partial charge is 0.250 e. The fourth-order valence-corrected chi connectivity index (χ4v) is 2.11. The predicted molar refractivity (Wildman–Crippen MR) is 74.9 cm³/mol. The van der Waals surface area contributed by atoms with Crippen LogP contribution in [0.3, 0.4) is 0 Å². The van der Waals surface area contributed by atoms with E-state index in [-0.39, 0.29) is 21.9 Å². The van der Waals surface area contributed by atoms with E-state index < -0.39 is 5.91 Å². The molecule has 0 aromatic heterocycles. The minimum absolute atomic E-state index is 0.0316. The second-order valence-corrected chi connectivity index (χ2v) is 4.71. The van der Waals surface area contributed by atoms with Crippen molar-refractivity contribution in [1.29, 1.82) is 0 Å². The number of carbonyl (C=O) groups excluding carboxylic acids is 2. The second-order valence-electron chi connectivity index (χ2n) is 3.86. The number of hydrogen-bond acceptors (Lipinski definition) is 2. The van der Waals surface area contributed by atoms with Crippen LogP contribution in [0.4, 0.5) is 0 Å². The van der Waals surface area contributed by atoms with Crippen LogP contribution < -0.4 is 5.73 Å². The maximum atomic E-state index is 12.3. The van der Waals surface area contributed by atoms with Gasteiger partial charge in [-0.25, -0.2) is 0 Å². The van der Waals surface area contributed by atoms with E-state index in [0.29, 0.717) is 10.6 Å². The molecule has 0 bridgehead atoms. The molecule has 1 amide bonds. The van der Waals surface area contributed by atoms with Crippen molar-refractivity contribution in [3.05, 3.63) is 69.2 Å². The molecule has 0 unspecified atom stereocenters. The number of ketones is 1. The Morgan fingerprint density at radius 3 is 2.16 bits per heavy atom. The van der Waals surface area contributed by atoms with Gasteiger partial charge in [0.05, 0.1) is 10.6 Å². The first-order valence-electron chi connectivity index (χ1n) is 5.39. The molecule has 0 aliphatic carbocycles. The number of halogens is 2. The van der Waals surface area contributed by atoms with Crippen molar-refractivity contribution in [3.8, 4) is 0 Å². The normalized spacial score (nSPS) is 10.2. The molecule has 3 nitrogen and oxygen atoms in total. The van der Waals surface area contributed by atoms with Gasteiger partial charge in [0.2, 0.25) is 0 Å². The molecule has 2 aromatic rings. The molecule has 0 heterocycles. The van der Waals surface area contributed by atoms with Gasteiger partial charge in [-0.1, -0.05) is 35.3 Å². The van der Waals surface area contributed by atoms with Crippen molar-refractivity contribution < 1.29 is 9.59 Å². The second kappa shape index (κ2) is 5.43. The van der Waals surface area contributed by atoms with E-state index in [9.17, 15) is 9.59 Å². The highest BCUT2D eigenvalue weighted by Crippen LogP contribution is 2.22. The summed E-state index contributed by atoms with van der Waals surface area (Å²) in [4.78, 5) is 23.7. The molecular formula is C14H9Cl2NO2. The Bertz CT molecular complexity index is 651. The van der Waals surface area contributed by atoms with E-state index in [4.69, 9.17) is 28.9 Å². The van der Waals surface area contributed by atoms with Crippen LogP contribution in [0.1, 0.15) is 26.3 Å². The molecule has 0 saturated heterocycles. The lowest BCUT2D eigenvalue weighted by Gasteiger charge is -2.07. The van der Waals surface area contributed by atoms with Gasteiger partial charge in [-0.05, 0) is 30.3 Å². The first-order valence-corrected chi connectivity index (χ1v) is 6.15. The molecule has 2 rings (SSSR count). The highest BCUT2D eigenvalue weighted by atomic mass is 35.5. The van der Waals surface area contributed by atoms with Crippen LogP contribution in [0.15, 0.2) is 42.5 Å². The maximum absolute atomic E-state index is 12.3. The number of carbonyl (C=O) groups is 2. The third-order valence-electron chi connectivity index (χ3n) is 2.61.